The normalized spacial score (nSPS) is 10.9. The number of hydrogen-bond donors (Lipinski definition) is 1. The summed E-state index contributed by atoms with van der Waals surface area (Å²) in [5, 5.41) is 0. The van der Waals surface area contributed by atoms with Gasteiger partial charge in [-0.2, -0.15) is 8.42 Å². The third-order valence-corrected chi connectivity index (χ3v) is 3.70. The zero-order chi connectivity index (χ0) is 15.2. The lowest BCUT2D eigenvalue weighted by Gasteiger charge is -2.25. The predicted octanol–water partition coefficient (Wildman–Crippen LogP) is 1.78. The lowest BCUT2D eigenvalue weighted by molar-refractivity contribution is 0.414. The minimum atomic E-state index is -3.93. The molecule has 0 fully saturated rings. The molecule has 0 aliphatic carbocycles. The second-order valence-corrected chi connectivity index (χ2v) is 5.82. The van der Waals surface area contributed by atoms with E-state index in [4.69, 9.17) is 15.7 Å². The first-order valence-electron chi connectivity index (χ1n) is 6.26. The number of nitrogens with zero attached hydrogens (tertiary/aromatic N) is 1. The quantitative estimate of drug-likeness (QED) is 0.614. The Bertz CT molecular complexity index is 590. The average molecular weight is 297 g/mol. The van der Waals surface area contributed by atoms with Crippen LogP contribution in [0.2, 0.25) is 0 Å². The summed E-state index contributed by atoms with van der Waals surface area (Å²) in [6.07, 6.45) is 5.72. The number of rotatable bonds is 7. The van der Waals surface area contributed by atoms with Crippen LogP contribution in [0, 0.1) is 12.3 Å². The molecule has 0 aromatic heterocycles. The minimum absolute atomic E-state index is 0.263. The van der Waals surface area contributed by atoms with Crippen LogP contribution in [0.1, 0.15) is 18.9 Å². The number of ether oxygens (including phenoxy) is 1. The smallest absolute Gasteiger partial charge is 0.264 e. The minimum Gasteiger partial charge on any atom is -0.495 e. The molecular formula is C14H19NO4S. The monoisotopic (exact) mass is 297 g/mol. The van der Waals surface area contributed by atoms with E-state index in [0.29, 0.717) is 25.3 Å². The van der Waals surface area contributed by atoms with Crippen LogP contribution in [-0.4, -0.2) is 38.9 Å². The first kappa shape index (κ1) is 16.3. The number of benzene rings is 1. The van der Waals surface area contributed by atoms with Crippen molar-refractivity contribution in [3.8, 4) is 18.1 Å². The Labute approximate surface area is 120 Å². The molecule has 0 spiro atoms. The molecule has 0 saturated carbocycles. The summed E-state index contributed by atoms with van der Waals surface area (Å²) in [5.74, 6) is 2.98. The second-order valence-electron chi connectivity index (χ2n) is 4.25. The van der Waals surface area contributed by atoms with Crippen LogP contribution < -0.4 is 9.64 Å². The Hall–Kier alpha value is -1.71. The van der Waals surface area contributed by atoms with Gasteiger partial charge in [-0.3, -0.25) is 4.55 Å². The van der Waals surface area contributed by atoms with Gasteiger partial charge in [0.25, 0.3) is 10.1 Å². The molecule has 0 unspecified atom stereocenters. The van der Waals surface area contributed by atoms with Gasteiger partial charge in [0.05, 0.1) is 18.6 Å². The number of hydrogen-bond acceptors (Lipinski definition) is 4. The van der Waals surface area contributed by atoms with Crippen molar-refractivity contribution in [1.82, 2.24) is 0 Å². The predicted molar refractivity (Wildman–Crippen MR) is 79.8 cm³/mol. The zero-order valence-corrected chi connectivity index (χ0v) is 12.5. The van der Waals surface area contributed by atoms with Crippen molar-refractivity contribution in [3.63, 3.8) is 0 Å². The summed E-state index contributed by atoms with van der Waals surface area (Å²) < 4.78 is 35.6. The van der Waals surface area contributed by atoms with Crippen molar-refractivity contribution in [2.45, 2.75) is 13.3 Å². The third-order valence-electron chi connectivity index (χ3n) is 2.90. The Morgan fingerprint density at radius 1 is 1.45 bits per heavy atom. The molecule has 1 N–H and O–H groups in total. The molecule has 20 heavy (non-hydrogen) atoms. The fourth-order valence-corrected chi connectivity index (χ4v) is 2.41. The van der Waals surface area contributed by atoms with Crippen molar-refractivity contribution in [2.75, 3.05) is 30.9 Å². The van der Waals surface area contributed by atoms with E-state index in [2.05, 4.69) is 5.92 Å². The van der Waals surface area contributed by atoms with Crippen molar-refractivity contribution >= 4 is 15.8 Å². The highest BCUT2D eigenvalue weighted by molar-refractivity contribution is 7.85. The molecule has 0 heterocycles. The van der Waals surface area contributed by atoms with E-state index in [-0.39, 0.29) is 5.75 Å². The third kappa shape index (κ3) is 4.76. The molecule has 110 valence electrons. The fourth-order valence-electron chi connectivity index (χ4n) is 1.91. The molecule has 0 radical (unpaired) electrons. The largest absolute Gasteiger partial charge is 0.495 e. The van der Waals surface area contributed by atoms with Crippen molar-refractivity contribution < 1.29 is 17.7 Å². The van der Waals surface area contributed by atoms with E-state index in [1.807, 2.05) is 17.9 Å². The SMILES string of the molecule is C#Cc1ccc(OC)c(N(CC)CCCS(=O)(=O)O)c1. The Kier molecular flexibility index (Phi) is 5.86. The number of methoxy groups -OCH3 is 1. The summed E-state index contributed by atoms with van der Waals surface area (Å²) in [7, 11) is -2.36. The standard InChI is InChI=1S/C14H19NO4S/c1-4-12-7-8-14(19-3)13(11-12)15(5-2)9-6-10-20(16,17)18/h1,7-8,11H,5-6,9-10H2,2-3H3,(H,16,17,18). The highest BCUT2D eigenvalue weighted by Crippen LogP contribution is 2.29. The molecule has 0 aliphatic heterocycles. The van der Waals surface area contributed by atoms with E-state index < -0.39 is 10.1 Å². The van der Waals surface area contributed by atoms with Gasteiger partial charge >= 0.3 is 0 Å². The maximum Gasteiger partial charge on any atom is 0.264 e. The van der Waals surface area contributed by atoms with E-state index in [1.165, 1.54) is 0 Å². The van der Waals surface area contributed by atoms with Gasteiger partial charge in [0, 0.05) is 18.7 Å². The molecule has 5 nitrogen and oxygen atoms in total. The van der Waals surface area contributed by atoms with Gasteiger partial charge in [-0.15, -0.1) is 6.42 Å². The van der Waals surface area contributed by atoms with E-state index in [0.717, 1.165) is 11.3 Å². The van der Waals surface area contributed by atoms with Crippen molar-refractivity contribution in [1.29, 1.82) is 0 Å². The molecule has 1 aromatic rings. The van der Waals surface area contributed by atoms with Crippen molar-refractivity contribution in [2.24, 2.45) is 0 Å². The molecule has 1 aromatic carbocycles. The van der Waals surface area contributed by atoms with Gasteiger partial charge in [0.1, 0.15) is 5.75 Å². The van der Waals surface area contributed by atoms with Gasteiger partial charge in [0.15, 0.2) is 0 Å². The van der Waals surface area contributed by atoms with Crippen LogP contribution in [0.15, 0.2) is 18.2 Å². The second kappa shape index (κ2) is 7.17. The molecule has 0 bridgehead atoms. The number of anilines is 1. The van der Waals surface area contributed by atoms with E-state index in [1.54, 1.807) is 19.2 Å². The number of terminal acetylenes is 1. The summed E-state index contributed by atoms with van der Waals surface area (Å²) in [6.45, 7) is 3.12. The van der Waals surface area contributed by atoms with Gasteiger partial charge in [-0.05, 0) is 31.5 Å². The van der Waals surface area contributed by atoms with Gasteiger partial charge in [0.2, 0.25) is 0 Å². The fraction of sp³-hybridized carbons (Fsp3) is 0.429. The van der Waals surface area contributed by atoms with Gasteiger partial charge in [-0.25, -0.2) is 0 Å². The van der Waals surface area contributed by atoms with Crippen molar-refractivity contribution in [3.05, 3.63) is 23.8 Å². The summed E-state index contributed by atoms with van der Waals surface area (Å²) in [6, 6.07) is 5.40. The van der Waals surface area contributed by atoms with Gasteiger partial charge < -0.3 is 9.64 Å². The topological polar surface area (TPSA) is 66.8 Å². The van der Waals surface area contributed by atoms with Crippen LogP contribution in [-0.2, 0) is 10.1 Å². The van der Waals surface area contributed by atoms with Crippen LogP contribution in [0.5, 0.6) is 5.75 Å². The Morgan fingerprint density at radius 3 is 2.65 bits per heavy atom. The highest BCUT2D eigenvalue weighted by Gasteiger charge is 2.13. The zero-order valence-electron chi connectivity index (χ0n) is 11.7. The first-order chi connectivity index (χ1) is 9.41. The average Bonchev–Trinajstić information content (AvgIpc) is 2.41. The Morgan fingerprint density at radius 2 is 2.15 bits per heavy atom. The van der Waals surface area contributed by atoms with Crippen LogP contribution in [0.3, 0.4) is 0 Å². The summed E-state index contributed by atoms with van der Waals surface area (Å²) in [4.78, 5) is 1.96. The maximum atomic E-state index is 10.7. The van der Waals surface area contributed by atoms with E-state index in [9.17, 15) is 8.42 Å². The van der Waals surface area contributed by atoms with Crippen LogP contribution in [0.4, 0.5) is 5.69 Å². The molecule has 0 saturated heterocycles. The maximum absolute atomic E-state index is 10.7. The molecule has 1 rings (SSSR count). The lowest BCUT2D eigenvalue weighted by atomic mass is 10.1. The Balaban J connectivity index is 2.91. The summed E-state index contributed by atoms with van der Waals surface area (Å²) >= 11 is 0. The van der Waals surface area contributed by atoms with Crippen LogP contribution >= 0.6 is 0 Å². The highest BCUT2D eigenvalue weighted by atomic mass is 32.2. The molecule has 0 atom stereocenters. The molecular weight excluding hydrogens is 278 g/mol. The molecule has 0 amide bonds. The lowest BCUT2D eigenvalue weighted by Crippen LogP contribution is -2.26. The summed E-state index contributed by atoms with van der Waals surface area (Å²) in [5.41, 5.74) is 1.55. The van der Waals surface area contributed by atoms with E-state index >= 15 is 0 Å². The first-order valence-corrected chi connectivity index (χ1v) is 7.87. The molecule has 0 aliphatic rings. The van der Waals surface area contributed by atoms with Crippen LogP contribution in [0.25, 0.3) is 0 Å². The molecule has 6 heteroatoms. The van der Waals surface area contributed by atoms with Gasteiger partial charge in [-0.1, -0.05) is 5.92 Å².